The van der Waals surface area contributed by atoms with Crippen molar-refractivity contribution in [1.82, 2.24) is 20.3 Å². The fourth-order valence-electron chi connectivity index (χ4n) is 3.33. The molecule has 1 saturated heterocycles. The lowest BCUT2D eigenvalue weighted by Crippen LogP contribution is -2.52. The molecule has 29 heavy (non-hydrogen) atoms. The van der Waals surface area contributed by atoms with Gasteiger partial charge in [-0.3, -0.25) is 4.90 Å². The zero-order chi connectivity index (χ0) is 20.3. The van der Waals surface area contributed by atoms with E-state index in [1.165, 1.54) is 5.56 Å². The molecule has 1 aliphatic heterocycles. The molecule has 1 aromatic heterocycles. The Kier molecular flexibility index (Phi) is 8.37. The van der Waals surface area contributed by atoms with E-state index in [4.69, 9.17) is 14.3 Å². The van der Waals surface area contributed by atoms with E-state index >= 15 is 0 Å². The molecule has 7 nitrogen and oxygen atoms in total. The Morgan fingerprint density at radius 2 is 2.07 bits per heavy atom. The van der Waals surface area contributed by atoms with Crippen molar-refractivity contribution in [3.05, 3.63) is 47.9 Å². The number of aromatic nitrogens is 1. The van der Waals surface area contributed by atoms with E-state index in [2.05, 4.69) is 46.3 Å². The van der Waals surface area contributed by atoms with E-state index in [0.717, 1.165) is 76.1 Å². The number of ether oxygens (including phenoxy) is 1. The van der Waals surface area contributed by atoms with Crippen LogP contribution in [0.3, 0.4) is 0 Å². The van der Waals surface area contributed by atoms with Gasteiger partial charge in [0.15, 0.2) is 5.96 Å². The molecule has 1 fully saturated rings. The van der Waals surface area contributed by atoms with Crippen LogP contribution in [0.1, 0.15) is 37.9 Å². The van der Waals surface area contributed by atoms with E-state index in [1.54, 1.807) is 6.26 Å². The maximum absolute atomic E-state index is 5.82. The second-order valence-corrected chi connectivity index (χ2v) is 7.27. The van der Waals surface area contributed by atoms with Gasteiger partial charge in [0.2, 0.25) is 0 Å². The Labute approximate surface area is 173 Å². The normalized spacial score (nSPS) is 15.5. The molecule has 2 heterocycles. The monoisotopic (exact) mass is 399 g/mol. The largest absolute Gasteiger partial charge is 0.494 e. The quantitative estimate of drug-likeness (QED) is 0.397. The summed E-state index contributed by atoms with van der Waals surface area (Å²) >= 11 is 0. The molecule has 7 heteroatoms. The summed E-state index contributed by atoms with van der Waals surface area (Å²) in [6.45, 7) is 11.3. The maximum Gasteiger partial charge on any atom is 0.194 e. The first kappa shape index (κ1) is 21.2. The van der Waals surface area contributed by atoms with Crippen molar-refractivity contribution in [3.8, 4) is 5.75 Å². The highest BCUT2D eigenvalue weighted by molar-refractivity contribution is 5.80. The topological polar surface area (TPSA) is 66.1 Å². The maximum atomic E-state index is 5.82. The smallest absolute Gasteiger partial charge is 0.194 e. The predicted octanol–water partition coefficient (Wildman–Crippen LogP) is 3.14. The van der Waals surface area contributed by atoms with Crippen molar-refractivity contribution < 1.29 is 9.26 Å². The molecule has 158 valence electrons. The van der Waals surface area contributed by atoms with Gasteiger partial charge in [-0.25, -0.2) is 4.99 Å². The number of hydrogen-bond donors (Lipinski definition) is 1. The van der Waals surface area contributed by atoms with Crippen molar-refractivity contribution in [2.45, 2.75) is 39.8 Å². The van der Waals surface area contributed by atoms with Gasteiger partial charge >= 0.3 is 0 Å². The summed E-state index contributed by atoms with van der Waals surface area (Å²) in [7, 11) is 0. The number of piperazine rings is 1. The van der Waals surface area contributed by atoms with Crippen molar-refractivity contribution in [1.29, 1.82) is 0 Å². The minimum Gasteiger partial charge on any atom is -0.494 e. The molecule has 0 spiro atoms. The molecular formula is C22H33N5O2. The summed E-state index contributed by atoms with van der Waals surface area (Å²) in [5, 5.41) is 7.45. The molecule has 1 aliphatic rings. The van der Waals surface area contributed by atoms with Crippen LogP contribution in [0, 0.1) is 0 Å². The summed E-state index contributed by atoms with van der Waals surface area (Å²) in [5.41, 5.74) is 2.15. The SMILES string of the molecule is CCCCOc1cccc(CN=C(NCC)N2CCN(Cc3ccon3)CC2)c1. The highest BCUT2D eigenvalue weighted by Gasteiger charge is 2.20. The van der Waals surface area contributed by atoms with Gasteiger partial charge in [0.05, 0.1) is 18.8 Å². The molecule has 0 unspecified atom stereocenters. The van der Waals surface area contributed by atoms with Crippen LogP contribution in [0.2, 0.25) is 0 Å². The number of nitrogens with one attached hydrogen (secondary N) is 1. The van der Waals surface area contributed by atoms with Crippen LogP contribution >= 0.6 is 0 Å². The highest BCUT2D eigenvalue weighted by Crippen LogP contribution is 2.15. The lowest BCUT2D eigenvalue weighted by atomic mass is 10.2. The van der Waals surface area contributed by atoms with Gasteiger partial charge in [-0.1, -0.05) is 30.6 Å². The molecule has 3 rings (SSSR count). The minimum atomic E-state index is 0.645. The Morgan fingerprint density at radius 1 is 1.21 bits per heavy atom. The van der Waals surface area contributed by atoms with Crippen molar-refractivity contribution in [2.75, 3.05) is 39.3 Å². The molecule has 2 aromatic rings. The van der Waals surface area contributed by atoms with E-state index in [9.17, 15) is 0 Å². The number of benzene rings is 1. The molecule has 0 radical (unpaired) electrons. The van der Waals surface area contributed by atoms with Gasteiger partial charge in [-0.15, -0.1) is 0 Å². The third-order valence-electron chi connectivity index (χ3n) is 4.96. The number of unbranched alkanes of at least 4 members (excludes halogenated alkanes) is 1. The highest BCUT2D eigenvalue weighted by atomic mass is 16.5. The first-order chi connectivity index (χ1) is 14.3. The van der Waals surface area contributed by atoms with E-state index in [0.29, 0.717) is 6.54 Å². The molecule has 0 aliphatic carbocycles. The second kappa shape index (κ2) is 11.5. The zero-order valence-corrected chi connectivity index (χ0v) is 17.6. The Morgan fingerprint density at radius 3 is 2.79 bits per heavy atom. The number of guanidine groups is 1. The lowest BCUT2D eigenvalue weighted by Gasteiger charge is -2.36. The van der Waals surface area contributed by atoms with E-state index < -0.39 is 0 Å². The van der Waals surface area contributed by atoms with Gasteiger partial charge in [-0.05, 0) is 31.0 Å². The fourth-order valence-corrected chi connectivity index (χ4v) is 3.33. The lowest BCUT2D eigenvalue weighted by molar-refractivity contribution is 0.169. The average molecular weight is 400 g/mol. The predicted molar refractivity (Wildman–Crippen MR) is 115 cm³/mol. The molecule has 0 bridgehead atoms. The minimum absolute atomic E-state index is 0.645. The van der Waals surface area contributed by atoms with Gasteiger partial charge in [0.25, 0.3) is 0 Å². The average Bonchev–Trinajstić information content (AvgIpc) is 3.25. The zero-order valence-electron chi connectivity index (χ0n) is 17.6. The standard InChI is InChI=1S/C22H33N5O2/c1-3-5-14-28-21-8-6-7-19(16-21)17-24-22(23-4-2)27-12-10-26(11-13-27)18-20-9-15-29-25-20/h6-9,15-16H,3-5,10-14,17-18H2,1-2H3,(H,23,24). The van der Waals surface area contributed by atoms with Crippen LogP contribution in [0.5, 0.6) is 5.75 Å². The third-order valence-corrected chi connectivity index (χ3v) is 4.96. The van der Waals surface area contributed by atoms with Crippen LogP contribution in [-0.4, -0.2) is 60.2 Å². The van der Waals surface area contributed by atoms with Crippen molar-refractivity contribution in [2.24, 2.45) is 4.99 Å². The molecular weight excluding hydrogens is 366 g/mol. The fraction of sp³-hybridized carbons (Fsp3) is 0.545. The molecule has 0 atom stereocenters. The summed E-state index contributed by atoms with van der Waals surface area (Å²) in [5.74, 6) is 1.91. The van der Waals surface area contributed by atoms with Crippen LogP contribution in [0.15, 0.2) is 46.1 Å². The van der Waals surface area contributed by atoms with E-state index in [1.807, 2.05) is 18.2 Å². The van der Waals surface area contributed by atoms with Gasteiger partial charge in [-0.2, -0.15) is 0 Å². The Balaban J connectivity index is 1.54. The van der Waals surface area contributed by atoms with Crippen LogP contribution in [-0.2, 0) is 13.1 Å². The number of hydrogen-bond acceptors (Lipinski definition) is 5. The van der Waals surface area contributed by atoms with Gasteiger partial charge in [0.1, 0.15) is 12.0 Å². The Hall–Kier alpha value is -2.54. The molecule has 1 N–H and O–H groups in total. The van der Waals surface area contributed by atoms with Gasteiger partial charge in [0, 0.05) is 45.3 Å². The summed E-state index contributed by atoms with van der Waals surface area (Å²) in [6, 6.07) is 10.2. The first-order valence-corrected chi connectivity index (χ1v) is 10.6. The number of nitrogens with zero attached hydrogens (tertiary/aromatic N) is 4. The summed E-state index contributed by atoms with van der Waals surface area (Å²) in [4.78, 5) is 9.61. The number of rotatable bonds is 9. The first-order valence-electron chi connectivity index (χ1n) is 10.6. The van der Waals surface area contributed by atoms with Crippen molar-refractivity contribution in [3.63, 3.8) is 0 Å². The van der Waals surface area contributed by atoms with Crippen LogP contribution in [0.4, 0.5) is 0 Å². The molecule has 0 amide bonds. The van der Waals surface area contributed by atoms with Gasteiger partial charge < -0.3 is 19.5 Å². The summed E-state index contributed by atoms with van der Waals surface area (Å²) in [6.07, 6.45) is 3.85. The second-order valence-electron chi connectivity index (χ2n) is 7.27. The third kappa shape index (κ3) is 6.78. The Bertz CT molecular complexity index is 739. The molecule has 1 aromatic carbocycles. The number of aliphatic imine (C=N–C) groups is 1. The van der Waals surface area contributed by atoms with E-state index in [-0.39, 0.29) is 0 Å². The summed E-state index contributed by atoms with van der Waals surface area (Å²) < 4.78 is 10.8. The van der Waals surface area contributed by atoms with Crippen LogP contribution in [0.25, 0.3) is 0 Å². The van der Waals surface area contributed by atoms with Crippen LogP contribution < -0.4 is 10.1 Å². The molecule has 0 saturated carbocycles. The van der Waals surface area contributed by atoms with Crippen molar-refractivity contribution >= 4 is 5.96 Å².